The van der Waals surface area contributed by atoms with Crippen molar-refractivity contribution in [3.05, 3.63) is 47.4 Å². The summed E-state index contributed by atoms with van der Waals surface area (Å²) in [5.41, 5.74) is 1.08. The van der Waals surface area contributed by atoms with Gasteiger partial charge < -0.3 is 35.4 Å². The number of amides is 1. The van der Waals surface area contributed by atoms with E-state index in [0.29, 0.717) is 17.2 Å². The Morgan fingerprint density at radius 3 is 2.35 bits per heavy atom. The number of carbonyl (C=O) groups excluding carboxylic acids is 1. The summed E-state index contributed by atoms with van der Waals surface area (Å²) in [5.74, 6) is -3.41. The van der Waals surface area contributed by atoms with Crippen LogP contribution in [0.15, 0.2) is 30.5 Å². The van der Waals surface area contributed by atoms with Crippen molar-refractivity contribution in [2.24, 2.45) is 0 Å². The summed E-state index contributed by atoms with van der Waals surface area (Å²) in [6.07, 6.45) is 0.865. The molecule has 0 saturated carbocycles. The first-order valence-corrected chi connectivity index (χ1v) is 8.82. The number of ether oxygens (including phenoxy) is 2. The van der Waals surface area contributed by atoms with Crippen LogP contribution in [-0.2, 0) is 0 Å². The Morgan fingerprint density at radius 2 is 1.74 bits per heavy atom. The largest absolute Gasteiger partial charge is 0.504 e. The fourth-order valence-electron chi connectivity index (χ4n) is 2.79. The number of nitrogens with zero attached hydrogens (tertiary/aromatic N) is 2. The van der Waals surface area contributed by atoms with Crippen LogP contribution in [-0.4, -0.2) is 45.4 Å². The fourth-order valence-corrected chi connectivity index (χ4v) is 2.79. The number of phenols is 3. The number of carbonyl (C=O) groups is 1. The molecule has 0 aliphatic heterocycles. The Morgan fingerprint density at radius 1 is 1.06 bits per heavy atom. The van der Waals surface area contributed by atoms with E-state index in [1.165, 1.54) is 14.2 Å². The van der Waals surface area contributed by atoms with Crippen LogP contribution in [0.1, 0.15) is 15.9 Å². The SMILES string of the molecule is COc1cc(Nc2ncc(F)c(NC(=O)c3cc(O)c(O)c(O)c3)n2)cc(C)c1OC. The maximum atomic E-state index is 14.1. The van der Waals surface area contributed by atoms with E-state index in [0.717, 1.165) is 23.9 Å². The predicted molar refractivity (Wildman–Crippen MR) is 109 cm³/mol. The zero-order valence-electron chi connectivity index (χ0n) is 16.7. The molecule has 11 heteroatoms. The molecule has 5 N–H and O–H groups in total. The lowest BCUT2D eigenvalue weighted by atomic mass is 10.1. The highest BCUT2D eigenvalue weighted by Crippen LogP contribution is 2.36. The minimum atomic E-state index is -0.908. The standard InChI is InChI=1S/C20H19FN4O6/c1-9-4-11(7-15(30-2)17(9)31-3)23-20-22-8-12(21)18(25-20)24-19(29)10-5-13(26)16(28)14(27)6-10/h4-8,26-28H,1-3H3,(H2,22,23,24,25,29). The molecule has 162 valence electrons. The number of aromatic hydroxyl groups is 3. The van der Waals surface area contributed by atoms with Crippen molar-refractivity contribution >= 4 is 23.4 Å². The minimum absolute atomic E-state index is 0.0141. The highest BCUT2D eigenvalue weighted by atomic mass is 19.1. The quantitative estimate of drug-likeness (QED) is 0.372. The second kappa shape index (κ2) is 8.61. The molecule has 3 aromatic rings. The fraction of sp³-hybridized carbons (Fsp3) is 0.150. The molecule has 2 aromatic carbocycles. The average molecular weight is 430 g/mol. The van der Waals surface area contributed by atoms with Crippen LogP contribution in [0.5, 0.6) is 28.7 Å². The van der Waals surface area contributed by atoms with Crippen molar-refractivity contribution < 1.29 is 34.0 Å². The van der Waals surface area contributed by atoms with Gasteiger partial charge in [0, 0.05) is 17.3 Å². The zero-order valence-corrected chi connectivity index (χ0v) is 16.7. The van der Waals surface area contributed by atoms with Crippen molar-refractivity contribution in [2.45, 2.75) is 6.92 Å². The van der Waals surface area contributed by atoms with E-state index in [2.05, 4.69) is 20.6 Å². The normalized spacial score (nSPS) is 10.5. The first-order valence-electron chi connectivity index (χ1n) is 8.82. The van der Waals surface area contributed by atoms with E-state index in [1.54, 1.807) is 12.1 Å². The maximum absolute atomic E-state index is 14.1. The van der Waals surface area contributed by atoms with Gasteiger partial charge in [-0.1, -0.05) is 0 Å². The number of halogens is 1. The predicted octanol–water partition coefficient (Wildman–Crippen LogP) is 3.05. The lowest BCUT2D eigenvalue weighted by Crippen LogP contribution is -2.15. The van der Waals surface area contributed by atoms with Gasteiger partial charge in [0.2, 0.25) is 5.95 Å². The van der Waals surface area contributed by atoms with Crippen LogP contribution in [0.2, 0.25) is 0 Å². The Bertz CT molecular complexity index is 1130. The molecular weight excluding hydrogens is 411 g/mol. The molecule has 1 heterocycles. The van der Waals surface area contributed by atoms with Crippen LogP contribution >= 0.6 is 0 Å². The van der Waals surface area contributed by atoms with E-state index in [1.807, 2.05) is 6.92 Å². The van der Waals surface area contributed by atoms with Crippen LogP contribution < -0.4 is 20.1 Å². The summed E-state index contributed by atoms with van der Waals surface area (Å²) in [7, 11) is 3.01. The van der Waals surface area contributed by atoms with Crippen LogP contribution in [0.4, 0.5) is 21.8 Å². The number of nitrogens with one attached hydrogen (secondary N) is 2. The first kappa shape index (κ1) is 21.4. The van der Waals surface area contributed by atoms with Crippen LogP contribution in [0, 0.1) is 12.7 Å². The van der Waals surface area contributed by atoms with Gasteiger partial charge >= 0.3 is 0 Å². The number of phenolic OH excluding ortho intramolecular Hbond substituents is 3. The van der Waals surface area contributed by atoms with Gasteiger partial charge in [-0.2, -0.15) is 4.98 Å². The van der Waals surface area contributed by atoms with Crippen molar-refractivity contribution in [1.29, 1.82) is 0 Å². The molecule has 31 heavy (non-hydrogen) atoms. The highest BCUT2D eigenvalue weighted by molar-refractivity contribution is 6.04. The lowest BCUT2D eigenvalue weighted by Gasteiger charge is -2.14. The van der Waals surface area contributed by atoms with Gasteiger partial charge in [0.25, 0.3) is 5.91 Å². The number of hydrogen-bond donors (Lipinski definition) is 5. The van der Waals surface area contributed by atoms with Crippen LogP contribution in [0.25, 0.3) is 0 Å². The smallest absolute Gasteiger partial charge is 0.257 e. The highest BCUT2D eigenvalue weighted by Gasteiger charge is 2.17. The monoisotopic (exact) mass is 430 g/mol. The average Bonchev–Trinajstić information content (AvgIpc) is 2.73. The van der Waals surface area contributed by atoms with E-state index < -0.39 is 34.8 Å². The molecule has 3 rings (SSSR count). The number of aryl methyl sites for hydroxylation is 1. The van der Waals surface area contributed by atoms with Crippen LogP contribution in [0.3, 0.4) is 0 Å². The van der Waals surface area contributed by atoms with E-state index in [-0.39, 0.29) is 11.5 Å². The van der Waals surface area contributed by atoms with Gasteiger partial charge in [0.1, 0.15) is 0 Å². The summed E-state index contributed by atoms with van der Waals surface area (Å²) in [4.78, 5) is 20.2. The number of methoxy groups -OCH3 is 2. The van der Waals surface area contributed by atoms with Gasteiger partial charge in [0.15, 0.2) is 40.4 Å². The summed E-state index contributed by atoms with van der Waals surface area (Å²) < 4.78 is 24.7. The third-order valence-corrected chi connectivity index (χ3v) is 4.23. The second-order valence-electron chi connectivity index (χ2n) is 6.36. The van der Waals surface area contributed by atoms with Gasteiger partial charge in [0.05, 0.1) is 20.4 Å². The Balaban J connectivity index is 1.86. The molecule has 0 fully saturated rings. The van der Waals surface area contributed by atoms with Gasteiger partial charge in [-0.05, 0) is 30.7 Å². The van der Waals surface area contributed by atoms with Gasteiger partial charge in [-0.25, -0.2) is 9.37 Å². The molecule has 1 amide bonds. The van der Waals surface area contributed by atoms with E-state index >= 15 is 0 Å². The third kappa shape index (κ3) is 4.50. The lowest BCUT2D eigenvalue weighted by molar-refractivity contribution is 0.102. The van der Waals surface area contributed by atoms with Crippen molar-refractivity contribution in [2.75, 3.05) is 24.9 Å². The molecule has 0 atom stereocenters. The zero-order chi connectivity index (χ0) is 22.7. The Hall–Kier alpha value is -4.28. The molecule has 0 spiro atoms. The van der Waals surface area contributed by atoms with E-state index in [4.69, 9.17) is 9.47 Å². The number of benzene rings is 2. The molecule has 0 aliphatic rings. The topological polar surface area (TPSA) is 146 Å². The number of aromatic nitrogens is 2. The Kier molecular flexibility index (Phi) is 5.95. The number of rotatable bonds is 6. The molecule has 0 unspecified atom stereocenters. The van der Waals surface area contributed by atoms with Gasteiger partial charge in [-0.3, -0.25) is 4.79 Å². The van der Waals surface area contributed by atoms with E-state index in [9.17, 15) is 24.5 Å². The first-order chi connectivity index (χ1) is 14.7. The molecule has 0 saturated heterocycles. The summed E-state index contributed by atoms with van der Waals surface area (Å²) in [5, 5.41) is 33.6. The van der Waals surface area contributed by atoms with Gasteiger partial charge in [-0.15, -0.1) is 0 Å². The molecule has 10 nitrogen and oxygen atoms in total. The summed E-state index contributed by atoms with van der Waals surface area (Å²) in [6, 6.07) is 5.21. The Labute approximate surface area is 175 Å². The van der Waals surface area contributed by atoms with Crippen molar-refractivity contribution in [3.63, 3.8) is 0 Å². The maximum Gasteiger partial charge on any atom is 0.257 e. The molecule has 0 aliphatic carbocycles. The molecule has 1 aromatic heterocycles. The number of hydrogen-bond acceptors (Lipinski definition) is 9. The molecule has 0 bridgehead atoms. The van der Waals surface area contributed by atoms with Crippen molar-refractivity contribution in [1.82, 2.24) is 9.97 Å². The second-order valence-corrected chi connectivity index (χ2v) is 6.36. The molecule has 0 radical (unpaired) electrons. The summed E-state index contributed by atoms with van der Waals surface area (Å²) >= 11 is 0. The number of anilines is 3. The molecular formula is C20H19FN4O6. The minimum Gasteiger partial charge on any atom is -0.504 e. The third-order valence-electron chi connectivity index (χ3n) is 4.23. The summed E-state index contributed by atoms with van der Waals surface area (Å²) in [6.45, 7) is 1.81. The van der Waals surface area contributed by atoms with Crippen molar-refractivity contribution in [3.8, 4) is 28.7 Å².